The second-order valence-corrected chi connectivity index (χ2v) is 5.41. The zero-order valence-corrected chi connectivity index (χ0v) is 10.2. The van der Waals surface area contributed by atoms with Crippen LogP contribution in [0.4, 0.5) is 0 Å². The largest absolute Gasteiger partial charge is 0.389 e. The van der Waals surface area contributed by atoms with Crippen LogP contribution in [0.3, 0.4) is 0 Å². The van der Waals surface area contributed by atoms with Gasteiger partial charge in [0.05, 0.1) is 6.10 Å². The lowest BCUT2D eigenvalue weighted by molar-refractivity contribution is 0.210. The molecular weight excluding hydrogens is 208 g/mol. The van der Waals surface area contributed by atoms with E-state index in [9.17, 15) is 5.11 Å². The summed E-state index contributed by atoms with van der Waals surface area (Å²) in [5.74, 6) is 1.43. The van der Waals surface area contributed by atoms with E-state index in [4.69, 9.17) is 0 Å². The number of hydrogen-bond acceptors (Lipinski definition) is 1. The Kier molecular flexibility index (Phi) is 3.02. The van der Waals surface area contributed by atoms with Gasteiger partial charge in [-0.05, 0) is 43.1 Å². The summed E-state index contributed by atoms with van der Waals surface area (Å²) in [6, 6.07) is 10.8. The van der Waals surface area contributed by atoms with E-state index in [0.717, 1.165) is 6.42 Å². The van der Waals surface area contributed by atoms with Gasteiger partial charge in [0.25, 0.3) is 0 Å². The molecule has 3 unspecified atom stereocenters. The first-order chi connectivity index (χ1) is 8.34. The fraction of sp³-hybridized carbons (Fsp3) is 0.500. The average molecular weight is 228 g/mol. The molecule has 3 atom stereocenters. The van der Waals surface area contributed by atoms with E-state index >= 15 is 0 Å². The molecule has 0 spiro atoms. The Balaban J connectivity index is 1.72. The molecule has 2 aliphatic rings. The lowest BCUT2D eigenvalue weighted by Gasteiger charge is -2.06. The van der Waals surface area contributed by atoms with Crippen LogP contribution >= 0.6 is 0 Å². The fourth-order valence-corrected chi connectivity index (χ4v) is 3.08. The number of aliphatic hydroxyl groups is 1. The van der Waals surface area contributed by atoms with Crippen molar-refractivity contribution >= 4 is 0 Å². The van der Waals surface area contributed by atoms with Crippen LogP contribution in [0.2, 0.25) is 0 Å². The Labute approximate surface area is 103 Å². The fourth-order valence-electron chi connectivity index (χ4n) is 3.08. The summed E-state index contributed by atoms with van der Waals surface area (Å²) in [4.78, 5) is 0. The monoisotopic (exact) mass is 228 g/mol. The van der Waals surface area contributed by atoms with Gasteiger partial charge in [-0.3, -0.25) is 0 Å². The first-order valence-corrected chi connectivity index (χ1v) is 6.78. The van der Waals surface area contributed by atoms with Crippen molar-refractivity contribution in [3.05, 3.63) is 47.5 Å². The van der Waals surface area contributed by atoms with E-state index in [2.05, 4.69) is 36.4 Å². The predicted octanol–water partition coefficient (Wildman–Crippen LogP) is 3.65. The van der Waals surface area contributed by atoms with E-state index in [1.807, 2.05) is 0 Å². The van der Waals surface area contributed by atoms with E-state index in [1.165, 1.54) is 36.8 Å². The lowest BCUT2D eigenvalue weighted by atomic mass is 10.0. The first kappa shape index (κ1) is 11.0. The minimum Gasteiger partial charge on any atom is -0.389 e. The molecule has 2 aliphatic carbocycles. The van der Waals surface area contributed by atoms with Crippen molar-refractivity contribution in [2.75, 3.05) is 0 Å². The highest BCUT2D eigenvalue weighted by Crippen LogP contribution is 2.53. The smallest absolute Gasteiger partial charge is 0.0723 e. The molecule has 3 rings (SSSR count). The van der Waals surface area contributed by atoms with Crippen LogP contribution < -0.4 is 0 Å². The van der Waals surface area contributed by atoms with Crippen molar-refractivity contribution in [1.82, 2.24) is 0 Å². The van der Waals surface area contributed by atoms with E-state index < -0.39 is 0 Å². The minimum absolute atomic E-state index is 0.190. The number of benzene rings is 1. The Hall–Kier alpha value is -1.08. The zero-order valence-electron chi connectivity index (χ0n) is 10.2. The third kappa shape index (κ3) is 2.44. The van der Waals surface area contributed by atoms with Crippen molar-refractivity contribution < 1.29 is 5.11 Å². The van der Waals surface area contributed by atoms with Crippen LogP contribution in [0.5, 0.6) is 0 Å². The number of aliphatic hydroxyl groups excluding tert-OH is 1. The molecule has 0 aliphatic heterocycles. The third-order valence-electron chi connectivity index (χ3n) is 4.12. The Morgan fingerprint density at radius 3 is 2.65 bits per heavy atom. The van der Waals surface area contributed by atoms with Gasteiger partial charge in [0.2, 0.25) is 0 Å². The van der Waals surface area contributed by atoms with Gasteiger partial charge in [-0.1, -0.05) is 48.4 Å². The van der Waals surface area contributed by atoms with E-state index in [-0.39, 0.29) is 6.10 Å². The van der Waals surface area contributed by atoms with Crippen molar-refractivity contribution in [2.24, 2.45) is 5.92 Å². The van der Waals surface area contributed by atoms with Crippen LogP contribution in [-0.4, -0.2) is 11.2 Å². The van der Waals surface area contributed by atoms with Gasteiger partial charge in [0.1, 0.15) is 0 Å². The highest BCUT2D eigenvalue weighted by atomic mass is 16.3. The molecule has 1 N–H and O–H groups in total. The zero-order chi connectivity index (χ0) is 11.7. The molecule has 0 heterocycles. The van der Waals surface area contributed by atoms with Crippen LogP contribution in [0.25, 0.3) is 0 Å². The normalized spacial score (nSPS) is 32.8. The topological polar surface area (TPSA) is 20.2 Å². The average Bonchev–Trinajstić information content (AvgIpc) is 3.14. The summed E-state index contributed by atoms with van der Waals surface area (Å²) in [5.41, 5.74) is 2.99. The molecule has 1 nitrogen and oxygen atoms in total. The summed E-state index contributed by atoms with van der Waals surface area (Å²) in [5, 5.41) is 9.82. The van der Waals surface area contributed by atoms with Crippen molar-refractivity contribution in [3.8, 4) is 0 Å². The maximum Gasteiger partial charge on any atom is 0.0723 e. The lowest BCUT2D eigenvalue weighted by Crippen LogP contribution is -2.01. The molecule has 1 aromatic carbocycles. The molecule has 17 heavy (non-hydrogen) atoms. The molecule has 1 heteroatoms. The predicted molar refractivity (Wildman–Crippen MR) is 69.8 cm³/mol. The van der Waals surface area contributed by atoms with Gasteiger partial charge in [0, 0.05) is 0 Å². The second kappa shape index (κ2) is 4.66. The standard InChI is InChI=1S/C16H20O/c17-14-9-5-4-8-13(10-14)16-11-15(16)12-6-2-1-3-7-12/h1-3,6-7,10,14-17H,4-5,8-9,11H2. The summed E-state index contributed by atoms with van der Waals surface area (Å²) in [6.45, 7) is 0. The number of allylic oxidation sites excluding steroid dienone is 1. The minimum atomic E-state index is -0.190. The van der Waals surface area contributed by atoms with Gasteiger partial charge >= 0.3 is 0 Å². The molecule has 0 amide bonds. The second-order valence-electron chi connectivity index (χ2n) is 5.41. The molecule has 0 saturated heterocycles. The van der Waals surface area contributed by atoms with Gasteiger partial charge < -0.3 is 5.11 Å². The molecule has 0 bridgehead atoms. The molecule has 0 aromatic heterocycles. The maximum absolute atomic E-state index is 9.82. The summed E-state index contributed by atoms with van der Waals surface area (Å²) in [7, 11) is 0. The summed E-state index contributed by atoms with van der Waals surface area (Å²) >= 11 is 0. The van der Waals surface area contributed by atoms with Gasteiger partial charge in [-0.25, -0.2) is 0 Å². The summed E-state index contributed by atoms with van der Waals surface area (Å²) in [6.07, 6.45) is 7.80. The van der Waals surface area contributed by atoms with Gasteiger partial charge in [-0.2, -0.15) is 0 Å². The van der Waals surface area contributed by atoms with Crippen LogP contribution in [-0.2, 0) is 0 Å². The first-order valence-electron chi connectivity index (χ1n) is 6.78. The molecule has 0 radical (unpaired) electrons. The van der Waals surface area contributed by atoms with Crippen molar-refractivity contribution in [3.63, 3.8) is 0 Å². The Morgan fingerprint density at radius 1 is 1.00 bits per heavy atom. The van der Waals surface area contributed by atoms with Crippen LogP contribution in [0, 0.1) is 5.92 Å². The summed E-state index contributed by atoms with van der Waals surface area (Å²) < 4.78 is 0. The highest BCUT2D eigenvalue weighted by Gasteiger charge is 2.40. The third-order valence-corrected chi connectivity index (χ3v) is 4.12. The SMILES string of the molecule is OC1C=C(C2CC2c2ccccc2)CCCC1. The number of rotatable bonds is 2. The molecule has 1 aromatic rings. The Bertz CT molecular complexity index is 407. The quantitative estimate of drug-likeness (QED) is 0.766. The van der Waals surface area contributed by atoms with Crippen molar-refractivity contribution in [1.29, 1.82) is 0 Å². The maximum atomic E-state index is 9.82. The molecule has 1 saturated carbocycles. The van der Waals surface area contributed by atoms with Crippen LogP contribution in [0.15, 0.2) is 42.0 Å². The number of hydrogen-bond donors (Lipinski definition) is 1. The molecular formula is C16H20O. The van der Waals surface area contributed by atoms with Gasteiger partial charge in [0.15, 0.2) is 0 Å². The van der Waals surface area contributed by atoms with Crippen molar-refractivity contribution in [2.45, 2.75) is 44.1 Å². The highest BCUT2D eigenvalue weighted by molar-refractivity contribution is 5.32. The molecule has 1 fully saturated rings. The van der Waals surface area contributed by atoms with E-state index in [0.29, 0.717) is 11.8 Å². The van der Waals surface area contributed by atoms with Gasteiger partial charge in [-0.15, -0.1) is 0 Å². The van der Waals surface area contributed by atoms with E-state index in [1.54, 1.807) is 0 Å². The molecule has 90 valence electrons. The Morgan fingerprint density at radius 2 is 1.82 bits per heavy atom. The van der Waals surface area contributed by atoms with Crippen LogP contribution in [0.1, 0.15) is 43.6 Å².